The zero-order valence-electron chi connectivity index (χ0n) is 14.3. The Kier molecular flexibility index (Phi) is 5.15. The van der Waals surface area contributed by atoms with Crippen LogP contribution in [0.4, 0.5) is 8.78 Å². The van der Waals surface area contributed by atoms with E-state index in [1.807, 2.05) is 12.1 Å². The highest BCUT2D eigenvalue weighted by atomic mass is 79.9. The molecule has 3 N–H and O–H groups in total. The molecule has 1 amide bonds. The molecule has 0 unspecified atom stereocenters. The van der Waals surface area contributed by atoms with E-state index in [9.17, 15) is 13.6 Å². The highest BCUT2D eigenvalue weighted by molar-refractivity contribution is 9.10. The van der Waals surface area contributed by atoms with Crippen molar-refractivity contribution in [2.45, 2.75) is 37.3 Å². The number of nitrogens with one attached hydrogen (secondary N) is 1. The van der Waals surface area contributed by atoms with E-state index in [1.165, 1.54) is 0 Å². The van der Waals surface area contributed by atoms with Crippen molar-refractivity contribution in [1.82, 2.24) is 19.9 Å². The third-order valence-corrected chi connectivity index (χ3v) is 6.45. The van der Waals surface area contributed by atoms with Crippen molar-refractivity contribution in [3.05, 3.63) is 38.3 Å². The molecule has 28 heavy (non-hydrogen) atoms. The van der Waals surface area contributed by atoms with E-state index < -0.39 is 23.9 Å². The summed E-state index contributed by atoms with van der Waals surface area (Å²) >= 11 is 10.6. The van der Waals surface area contributed by atoms with Crippen molar-refractivity contribution >= 4 is 50.3 Å². The van der Waals surface area contributed by atoms with E-state index in [-0.39, 0.29) is 15.8 Å². The standard InChI is InChI=1S/C17H15BrClF2N5OS/c18-8-3-4-11-9(6-23-26(11)7-8)12-14(19)28-16(24-12)15(27)25-13-10(22)2-1-5-17(13,20)21/h3-4,6-7,10,13H,1-2,5,22H2,(H,25,27)/t10-,13+/m0/s1. The van der Waals surface area contributed by atoms with Gasteiger partial charge in [-0.3, -0.25) is 4.79 Å². The zero-order chi connectivity index (χ0) is 20.1. The van der Waals surface area contributed by atoms with Crippen molar-refractivity contribution < 1.29 is 13.6 Å². The number of pyridine rings is 1. The van der Waals surface area contributed by atoms with Crippen molar-refractivity contribution in [3.63, 3.8) is 0 Å². The lowest BCUT2D eigenvalue weighted by Crippen LogP contribution is -2.59. The van der Waals surface area contributed by atoms with Crippen LogP contribution >= 0.6 is 38.9 Å². The zero-order valence-corrected chi connectivity index (χ0v) is 17.5. The number of thiazole rings is 1. The molecule has 0 aliphatic heterocycles. The smallest absolute Gasteiger partial charge is 0.280 e. The van der Waals surface area contributed by atoms with Gasteiger partial charge in [-0.15, -0.1) is 0 Å². The number of carbonyl (C=O) groups is 1. The predicted molar refractivity (Wildman–Crippen MR) is 107 cm³/mol. The van der Waals surface area contributed by atoms with E-state index in [0.29, 0.717) is 24.1 Å². The Labute approximate surface area is 176 Å². The van der Waals surface area contributed by atoms with Crippen LogP contribution in [-0.4, -0.2) is 38.5 Å². The Balaban J connectivity index is 1.63. The molecule has 3 heterocycles. The fourth-order valence-electron chi connectivity index (χ4n) is 3.33. The molecule has 11 heteroatoms. The van der Waals surface area contributed by atoms with Gasteiger partial charge in [0.15, 0.2) is 5.01 Å². The number of rotatable bonds is 3. The fourth-order valence-corrected chi connectivity index (χ4v) is 4.73. The van der Waals surface area contributed by atoms with Crippen LogP contribution in [0.3, 0.4) is 0 Å². The first-order valence-corrected chi connectivity index (χ1v) is 10.5. The van der Waals surface area contributed by atoms with E-state index in [4.69, 9.17) is 17.3 Å². The van der Waals surface area contributed by atoms with Crippen molar-refractivity contribution in [2.75, 3.05) is 0 Å². The molecular formula is C17H15BrClF2N5OS. The van der Waals surface area contributed by atoms with Gasteiger partial charge in [-0.25, -0.2) is 18.3 Å². The fraction of sp³-hybridized carbons (Fsp3) is 0.353. The number of carbonyl (C=O) groups excluding carboxylic acids is 1. The molecule has 4 rings (SSSR count). The summed E-state index contributed by atoms with van der Waals surface area (Å²) in [5.74, 6) is -3.76. The van der Waals surface area contributed by atoms with Crippen LogP contribution in [0.5, 0.6) is 0 Å². The molecule has 3 aromatic heterocycles. The second-order valence-corrected chi connectivity index (χ2v) is 9.16. The van der Waals surface area contributed by atoms with Crippen LogP contribution in [-0.2, 0) is 0 Å². The topological polar surface area (TPSA) is 85.3 Å². The number of halogens is 4. The summed E-state index contributed by atoms with van der Waals surface area (Å²) in [4.78, 5) is 16.8. The Hall–Kier alpha value is -1.62. The molecular weight excluding hydrogens is 476 g/mol. The van der Waals surface area contributed by atoms with Crippen LogP contribution in [0.1, 0.15) is 29.1 Å². The summed E-state index contributed by atoms with van der Waals surface area (Å²) in [6.45, 7) is 0. The summed E-state index contributed by atoms with van der Waals surface area (Å²) < 4.78 is 31.1. The first-order valence-electron chi connectivity index (χ1n) is 8.50. The summed E-state index contributed by atoms with van der Waals surface area (Å²) in [6.07, 6.45) is 3.84. The van der Waals surface area contributed by atoms with Crippen molar-refractivity contribution in [2.24, 2.45) is 5.73 Å². The number of hydrogen-bond acceptors (Lipinski definition) is 5. The van der Waals surface area contributed by atoms with Crippen molar-refractivity contribution in [1.29, 1.82) is 0 Å². The van der Waals surface area contributed by atoms with E-state index in [0.717, 1.165) is 21.3 Å². The van der Waals surface area contributed by atoms with Gasteiger partial charge in [-0.05, 0) is 40.9 Å². The second kappa shape index (κ2) is 7.33. The maximum absolute atomic E-state index is 14.2. The third-order valence-electron chi connectivity index (χ3n) is 4.73. The van der Waals surface area contributed by atoms with Gasteiger partial charge in [-0.1, -0.05) is 22.9 Å². The number of aromatic nitrogens is 3. The highest BCUT2D eigenvalue weighted by Crippen LogP contribution is 2.36. The van der Waals surface area contributed by atoms with Crippen LogP contribution in [0.2, 0.25) is 4.34 Å². The number of nitrogens with two attached hydrogens (primary N) is 1. The molecule has 0 saturated heterocycles. The molecule has 0 aromatic carbocycles. The van der Waals surface area contributed by atoms with Crippen LogP contribution < -0.4 is 11.1 Å². The largest absolute Gasteiger partial charge is 0.340 e. The van der Waals surface area contributed by atoms with Gasteiger partial charge >= 0.3 is 0 Å². The maximum atomic E-state index is 14.2. The number of fused-ring (bicyclic) bond motifs is 1. The number of hydrogen-bond donors (Lipinski definition) is 2. The molecule has 1 saturated carbocycles. The minimum absolute atomic E-state index is 0.00466. The van der Waals surface area contributed by atoms with Gasteiger partial charge < -0.3 is 11.1 Å². The molecule has 3 aromatic rings. The van der Waals surface area contributed by atoms with E-state index >= 15 is 0 Å². The monoisotopic (exact) mass is 489 g/mol. The molecule has 1 aliphatic rings. The van der Waals surface area contributed by atoms with Crippen molar-refractivity contribution in [3.8, 4) is 11.3 Å². The highest BCUT2D eigenvalue weighted by Gasteiger charge is 2.46. The second-order valence-electron chi connectivity index (χ2n) is 6.64. The van der Waals surface area contributed by atoms with Gasteiger partial charge in [0.2, 0.25) is 0 Å². The van der Waals surface area contributed by atoms with Gasteiger partial charge in [0.1, 0.15) is 16.1 Å². The number of amides is 1. The summed E-state index contributed by atoms with van der Waals surface area (Å²) in [5.41, 5.74) is 7.60. The summed E-state index contributed by atoms with van der Waals surface area (Å²) in [7, 11) is 0. The third kappa shape index (κ3) is 3.54. The van der Waals surface area contributed by atoms with Crippen LogP contribution in [0.25, 0.3) is 16.8 Å². The molecule has 148 valence electrons. The number of alkyl halides is 2. The Bertz CT molecular complexity index is 1060. The average Bonchev–Trinajstić information content (AvgIpc) is 3.20. The molecule has 0 spiro atoms. The minimum atomic E-state index is -3.05. The molecule has 1 aliphatic carbocycles. The summed E-state index contributed by atoms with van der Waals surface area (Å²) in [5, 5.41) is 6.61. The predicted octanol–water partition coefficient (Wildman–Crippen LogP) is 4.12. The molecule has 6 nitrogen and oxygen atoms in total. The molecule has 2 atom stereocenters. The van der Waals surface area contributed by atoms with Crippen LogP contribution in [0, 0.1) is 0 Å². The SMILES string of the molecule is N[C@H]1CCCC(F)(F)[C@@H]1NC(=O)c1nc(-c2cnn3cc(Br)ccc23)c(Cl)s1. The average molecular weight is 491 g/mol. The molecule has 0 bridgehead atoms. The summed E-state index contributed by atoms with van der Waals surface area (Å²) in [6, 6.07) is 1.46. The number of nitrogens with zero attached hydrogens (tertiary/aromatic N) is 3. The first kappa shape index (κ1) is 19.7. The maximum Gasteiger partial charge on any atom is 0.280 e. The quantitative estimate of drug-likeness (QED) is 0.578. The molecule has 0 radical (unpaired) electrons. The van der Waals surface area contributed by atoms with E-state index in [1.54, 1.807) is 16.9 Å². The lowest BCUT2D eigenvalue weighted by Gasteiger charge is -2.36. The van der Waals surface area contributed by atoms with Gasteiger partial charge in [0.25, 0.3) is 11.8 Å². The first-order chi connectivity index (χ1) is 13.3. The Morgan fingerprint density at radius 2 is 2.25 bits per heavy atom. The minimum Gasteiger partial charge on any atom is -0.340 e. The Morgan fingerprint density at radius 1 is 1.46 bits per heavy atom. The normalized spacial score (nSPS) is 21.8. The van der Waals surface area contributed by atoms with Gasteiger partial charge in [-0.2, -0.15) is 5.10 Å². The van der Waals surface area contributed by atoms with Gasteiger partial charge in [0.05, 0.1) is 11.7 Å². The molecule has 1 fully saturated rings. The lowest BCUT2D eigenvalue weighted by atomic mass is 9.87. The van der Waals surface area contributed by atoms with Gasteiger partial charge in [0, 0.05) is 28.7 Å². The Morgan fingerprint density at radius 3 is 3.00 bits per heavy atom. The lowest BCUT2D eigenvalue weighted by molar-refractivity contribution is -0.0674. The van der Waals surface area contributed by atoms with Crippen LogP contribution in [0.15, 0.2) is 29.0 Å². The van der Waals surface area contributed by atoms with E-state index in [2.05, 4.69) is 31.3 Å².